The van der Waals surface area contributed by atoms with Crippen LogP contribution in [0.25, 0.3) is 11.1 Å². The first-order valence-electron chi connectivity index (χ1n) is 5.84. The smallest absolute Gasteiger partial charge is 0.337 e. The van der Waals surface area contributed by atoms with Gasteiger partial charge in [-0.1, -0.05) is 6.92 Å². The minimum atomic E-state index is -0.843. The molecule has 0 aliphatic carbocycles. The van der Waals surface area contributed by atoms with Crippen molar-refractivity contribution in [1.29, 1.82) is 0 Å². The number of carbonyl (C=O) groups is 1. The highest BCUT2D eigenvalue weighted by Gasteiger charge is 2.15. The topological polar surface area (TPSA) is 111 Å². The van der Waals surface area contributed by atoms with Gasteiger partial charge in [-0.3, -0.25) is 14.6 Å². The van der Waals surface area contributed by atoms with Crippen LogP contribution in [-0.2, 0) is 22.5 Å². The molecule has 8 heteroatoms. The number of nitrogens with zero attached hydrogens (tertiary/aromatic N) is 1. The molecule has 0 aliphatic rings. The fourth-order valence-corrected chi connectivity index (χ4v) is 1.87. The molecule has 0 amide bonds. The summed E-state index contributed by atoms with van der Waals surface area (Å²) in [5.41, 5.74) is -1.95. The van der Waals surface area contributed by atoms with Gasteiger partial charge in [0.05, 0.1) is 7.11 Å². The summed E-state index contributed by atoms with van der Waals surface area (Å²) in [7, 11) is 1.15. The zero-order valence-corrected chi connectivity index (χ0v) is 10.9. The van der Waals surface area contributed by atoms with Crippen LogP contribution in [0.2, 0.25) is 0 Å². The number of H-pyrrole nitrogens is 1. The van der Waals surface area contributed by atoms with Crippen molar-refractivity contribution in [3.8, 4) is 0 Å². The van der Waals surface area contributed by atoms with Crippen molar-refractivity contribution in [2.75, 3.05) is 7.11 Å². The molecule has 0 saturated heterocycles. The number of aryl methyl sites for hydroxylation is 1. The molecule has 0 atom stereocenters. The molecular formula is C12H12N2O6. The van der Waals surface area contributed by atoms with Crippen molar-refractivity contribution < 1.29 is 13.9 Å². The highest BCUT2D eigenvalue weighted by Crippen LogP contribution is 2.09. The molecule has 0 aliphatic heterocycles. The Morgan fingerprint density at radius 3 is 2.70 bits per heavy atom. The van der Waals surface area contributed by atoms with Crippen molar-refractivity contribution >= 4 is 17.1 Å². The van der Waals surface area contributed by atoms with Gasteiger partial charge in [-0.2, -0.15) is 0 Å². The second kappa shape index (κ2) is 5.16. The van der Waals surface area contributed by atoms with E-state index in [0.29, 0.717) is 16.6 Å². The van der Waals surface area contributed by atoms with Gasteiger partial charge in [0.15, 0.2) is 0 Å². The van der Waals surface area contributed by atoms with E-state index < -0.39 is 29.4 Å². The first-order valence-corrected chi connectivity index (χ1v) is 5.84. The monoisotopic (exact) mass is 280 g/mol. The lowest BCUT2D eigenvalue weighted by Crippen LogP contribution is -2.38. The number of hydrogen-bond donors (Lipinski definition) is 1. The van der Waals surface area contributed by atoms with Crippen molar-refractivity contribution in [3.63, 3.8) is 0 Å². The molecule has 2 rings (SSSR count). The summed E-state index contributed by atoms with van der Waals surface area (Å²) in [5.74, 6) is -0.729. The third kappa shape index (κ3) is 2.27. The van der Waals surface area contributed by atoms with Crippen molar-refractivity contribution in [3.05, 3.63) is 42.9 Å². The summed E-state index contributed by atoms with van der Waals surface area (Å²) in [6.07, 6.45) is 0.404. The molecular weight excluding hydrogens is 268 g/mol. The predicted octanol–water partition coefficient (Wildman–Crippen LogP) is -0.622. The van der Waals surface area contributed by atoms with Gasteiger partial charge >= 0.3 is 17.3 Å². The molecule has 0 radical (unpaired) electrons. The maximum Gasteiger partial charge on any atom is 0.337 e. The van der Waals surface area contributed by atoms with Crippen molar-refractivity contribution in [2.45, 2.75) is 19.9 Å². The van der Waals surface area contributed by atoms with Crippen LogP contribution in [-0.4, -0.2) is 22.6 Å². The SMILES string of the molecule is CCc1cc(=O)oc2[nH]c(=O)n(CC(=O)OC)c(=O)c12. The summed E-state index contributed by atoms with van der Waals surface area (Å²) in [4.78, 5) is 48.8. The van der Waals surface area contributed by atoms with Gasteiger partial charge in [-0.05, 0) is 12.0 Å². The number of carbonyl (C=O) groups excluding carboxylic acids is 1. The summed E-state index contributed by atoms with van der Waals surface area (Å²) < 4.78 is 9.94. The Hall–Kier alpha value is -2.64. The first-order chi connectivity index (χ1) is 9.47. The van der Waals surface area contributed by atoms with Crippen molar-refractivity contribution in [2.24, 2.45) is 0 Å². The van der Waals surface area contributed by atoms with Gasteiger partial charge in [0.1, 0.15) is 11.9 Å². The summed E-state index contributed by atoms with van der Waals surface area (Å²) in [6.45, 7) is 1.24. The number of rotatable bonds is 3. The molecule has 2 aromatic heterocycles. The van der Waals surface area contributed by atoms with E-state index in [1.807, 2.05) is 0 Å². The highest BCUT2D eigenvalue weighted by atomic mass is 16.5. The molecule has 0 saturated carbocycles. The molecule has 0 spiro atoms. The zero-order chi connectivity index (χ0) is 14.9. The van der Waals surface area contributed by atoms with E-state index in [1.165, 1.54) is 6.07 Å². The Kier molecular flexibility index (Phi) is 3.55. The predicted molar refractivity (Wildman–Crippen MR) is 68.8 cm³/mol. The number of aromatic nitrogens is 2. The molecule has 0 fully saturated rings. The Labute approximate surface area is 111 Å². The molecule has 0 aromatic carbocycles. The average Bonchev–Trinajstić information content (AvgIpc) is 2.41. The van der Waals surface area contributed by atoms with Gasteiger partial charge in [-0.15, -0.1) is 0 Å². The standard InChI is InChI=1S/C12H12N2O6/c1-3-6-4-7(15)20-10-9(6)11(17)14(12(18)13-10)5-8(16)19-2/h4H,3,5H2,1-2H3,(H,13,18). The lowest BCUT2D eigenvalue weighted by molar-refractivity contribution is -0.141. The van der Waals surface area contributed by atoms with Gasteiger partial charge in [0.2, 0.25) is 5.71 Å². The average molecular weight is 280 g/mol. The lowest BCUT2D eigenvalue weighted by Gasteiger charge is -2.06. The second-order valence-corrected chi connectivity index (χ2v) is 4.05. The van der Waals surface area contributed by atoms with E-state index in [-0.39, 0.29) is 11.1 Å². The number of aromatic amines is 1. The molecule has 2 heterocycles. The number of fused-ring (bicyclic) bond motifs is 1. The van der Waals surface area contributed by atoms with Gasteiger partial charge in [0, 0.05) is 6.07 Å². The Bertz CT molecular complexity index is 842. The molecule has 106 valence electrons. The van der Waals surface area contributed by atoms with E-state index in [4.69, 9.17) is 4.42 Å². The van der Waals surface area contributed by atoms with Crippen LogP contribution >= 0.6 is 0 Å². The largest absolute Gasteiger partial charge is 0.468 e. The van der Waals surface area contributed by atoms with Gasteiger partial charge in [0.25, 0.3) is 5.56 Å². The van der Waals surface area contributed by atoms with Crippen LogP contribution in [0.1, 0.15) is 12.5 Å². The quantitative estimate of drug-likeness (QED) is 0.750. The van der Waals surface area contributed by atoms with E-state index in [2.05, 4.69) is 9.72 Å². The highest BCUT2D eigenvalue weighted by molar-refractivity contribution is 5.76. The lowest BCUT2D eigenvalue weighted by atomic mass is 10.1. The van der Waals surface area contributed by atoms with E-state index in [9.17, 15) is 19.2 Å². The Balaban J connectivity index is 2.84. The van der Waals surface area contributed by atoms with Crippen LogP contribution < -0.4 is 16.9 Å². The van der Waals surface area contributed by atoms with Crippen LogP contribution in [0.4, 0.5) is 0 Å². The number of nitrogens with one attached hydrogen (secondary N) is 1. The van der Waals surface area contributed by atoms with Gasteiger partial charge < -0.3 is 9.15 Å². The summed E-state index contributed by atoms with van der Waals surface area (Å²) >= 11 is 0. The van der Waals surface area contributed by atoms with Crippen LogP contribution in [0.3, 0.4) is 0 Å². The fourth-order valence-electron chi connectivity index (χ4n) is 1.87. The first kappa shape index (κ1) is 13.8. The second-order valence-electron chi connectivity index (χ2n) is 4.05. The molecule has 2 aromatic rings. The zero-order valence-electron chi connectivity index (χ0n) is 10.9. The summed E-state index contributed by atoms with van der Waals surface area (Å²) in [5, 5.41) is 0.0793. The van der Waals surface area contributed by atoms with Gasteiger partial charge in [-0.25, -0.2) is 14.2 Å². The van der Waals surface area contributed by atoms with Crippen LogP contribution in [0, 0.1) is 0 Å². The van der Waals surface area contributed by atoms with Crippen molar-refractivity contribution in [1.82, 2.24) is 9.55 Å². The number of esters is 1. The maximum absolute atomic E-state index is 12.3. The number of methoxy groups -OCH3 is 1. The minimum absolute atomic E-state index is 0.0793. The Morgan fingerprint density at radius 1 is 1.40 bits per heavy atom. The molecule has 0 unspecified atom stereocenters. The summed E-state index contributed by atoms with van der Waals surface area (Å²) in [6, 6.07) is 1.19. The van der Waals surface area contributed by atoms with Crippen LogP contribution in [0.5, 0.6) is 0 Å². The number of ether oxygens (including phenoxy) is 1. The normalized spacial score (nSPS) is 10.7. The third-order valence-electron chi connectivity index (χ3n) is 2.86. The number of hydrogen-bond acceptors (Lipinski definition) is 6. The van der Waals surface area contributed by atoms with E-state index >= 15 is 0 Å². The Morgan fingerprint density at radius 2 is 2.10 bits per heavy atom. The molecule has 1 N–H and O–H groups in total. The fraction of sp³-hybridized carbons (Fsp3) is 0.333. The third-order valence-corrected chi connectivity index (χ3v) is 2.86. The maximum atomic E-state index is 12.3. The molecule has 20 heavy (non-hydrogen) atoms. The van der Waals surface area contributed by atoms with E-state index in [1.54, 1.807) is 6.92 Å². The van der Waals surface area contributed by atoms with E-state index in [0.717, 1.165) is 7.11 Å². The molecule has 8 nitrogen and oxygen atoms in total. The minimum Gasteiger partial charge on any atom is -0.468 e. The molecule has 0 bridgehead atoms. The van der Waals surface area contributed by atoms with Crippen LogP contribution in [0.15, 0.2) is 24.9 Å².